The molecule has 8 nitrogen and oxygen atoms in total. The van der Waals surface area contributed by atoms with Gasteiger partial charge in [0.2, 0.25) is 11.7 Å². The Balaban J connectivity index is 1.92. The monoisotopic (exact) mass is 440 g/mol. The van der Waals surface area contributed by atoms with Crippen LogP contribution in [0, 0.1) is 5.41 Å². The second-order valence-electron chi connectivity index (χ2n) is 7.93. The number of carbonyl (C=O) groups is 2. The average Bonchev–Trinajstić information content (AvgIpc) is 2.88. The molecule has 2 aromatic carbocycles. The third-order valence-corrected chi connectivity index (χ3v) is 5.16. The van der Waals surface area contributed by atoms with Crippen LogP contribution < -0.4 is 29.2 Å². The highest BCUT2D eigenvalue weighted by Gasteiger charge is 2.37. The van der Waals surface area contributed by atoms with Crippen molar-refractivity contribution in [3.8, 4) is 23.0 Å². The molecule has 170 valence electrons. The lowest BCUT2D eigenvalue weighted by Gasteiger charge is -2.27. The van der Waals surface area contributed by atoms with E-state index in [0.29, 0.717) is 46.5 Å². The molecule has 0 bridgehead atoms. The normalized spacial score (nSPS) is 14.5. The van der Waals surface area contributed by atoms with Crippen LogP contribution in [0.3, 0.4) is 0 Å². The number of hydrogen-bond acceptors (Lipinski definition) is 6. The first kappa shape index (κ1) is 23.0. The third kappa shape index (κ3) is 4.34. The largest absolute Gasteiger partial charge is 0.493 e. The van der Waals surface area contributed by atoms with E-state index in [1.54, 1.807) is 41.3 Å². The minimum absolute atomic E-state index is 0.0506. The third-order valence-electron chi connectivity index (χ3n) is 5.16. The Bertz CT molecular complexity index is 1020. The predicted octanol–water partition coefficient (Wildman–Crippen LogP) is 3.90. The summed E-state index contributed by atoms with van der Waals surface area (Å²) in [7, 11) is 4.47. The average molecular weight is 440 g/mol. The van der Waals surface area contributed by atoms with E-state index in [2.05, 4.69) is 11.9 Å². The lowest BCUT2D eigenvalue weighted by molar-refractivity contribution is -0.127. The van der Waals surface area contributed by atoms with E-state index in [-0.39, 0.29) is 18.4 Å². The number of hydrogen-bond donors (Lipinski definition) is 1. The number of ether oxygens (including phenoxy) is 4. The summed E-state index contributed by atoms with van der Waals surface area (Å²) in [6.07, 6.45) is 1.67. The van der Waals surface area contributed by atoms with Crippen LogP contribution in [0.15, 0.2) is 43.0 Å². The van der Waals surface area contributed by atoms with Crippen LogP contribution in [0.4, 0.5) is 11.4 Å². The number of nitrogens with one attached hydrogen (secondary N) is 1. The Kier molecular flexibility index (Phi) is 6.62. The number of rotatable bonds is 7. The standard InChI is InChI=1S/C24H28N2O6/c1-7-10-26-17-9-8-16(13-18(17)32-14-24(2,3)23(26)28)25-22(27)15-11-19(29-4)21(31-6)20(12-15)30-5/h7-9,11-13H,1,10,14H2,2-6H3,(H,25,27). The van der Waals surface area contributed by atoms with Crippen LogP contribution in [0.25, 0.3) is 0 Å². The van der Waals surface area contributed by atoms with Gasteiger partial charge in [0.1, 0.15) is 12.4 Å². The zero-order valence-electron chi connectivity index (χ0n) is 19.0. The number of carbonyl (C=O) groups excluding carboxylic acids is 2. The van der Waals surface area contributed by atoms with Gasteiger partial charge in [0.05, 0.1) is 32.4 Å². The number of benzene rings is 2. The highest BCUT2D eigenvalue weighted by atomic mass is 16.5. The van der Waals surface area contributed by atoms with Gasteiger partial charge in [-0.25, -0.2) is 0 Å². The highest BCUT2D eigenvalue weighted by molar-refractivity contribution is 6.06. The van der Waals surface area contributed by atoms with Gasteiger partial charge in [-0.05, 0) is 38.1 Å². The molecule has 0 unspecified atom stereocenters. The molecule has 0 radical (unpaired) electrons. The Labute approximate surface area is 187 Å². The van der Waals surface area contributed by atoms with Gasteiger partial charge >= 0.3 is 0 Å². The first-order valence-corrected chi connectivity index (χ1v) is 10.1. The zero-order chi connectivity index (χ0) is 23.5. The van der Waals surface area contributed by atoms with Crippen molar-refractivity contribution in [3.63, 3.8) is 0 Å². The molecule has 0 saturated carbocycles. The van der Waals surface area contributed by atoms with Crippen molar-refractivity contribution in [2.45, 2.75) is 13.8 Å². The number of methoxy groups -OCH3 is 3. The van der Waals surface area contributed by atoms with Crippen LogP contribution in [-0.2, 0) is 4.79 Å². The molecule has 0 atom stereocenters. The molecule has 0 aliphatic carbocycles. The summed E-state index contributed by atoms with van der Waals surface area (Å²) in [6.45, 7) is 8.00. The van der Waals surface area contributed by atoms with E-state index >= 15 is 0 Å². The number of nitrogens with zero attached hydrogens (tertiary/aromatic N) is 1. The molecule has 2 aromatic rings. The predicted molar refractivity (Wildman–Crippen MR) is 122 cm³/mol. The smallest absolute Gasteiger partial charge is 0.255 e. The zero-order valence-corrected chi connectivity index (χ0v) is 19.0. The molecular weight excluding hydrogens is 412 g/mol. The molecule has 1 aliphatic rings. The van der Waals surface area contributed by atoms with Gasteiger partial charge in [0, 0.05) is 23.9 Å². The minimum atomic E-state index is -0.693. The van der Waals surface area contributed by atoms with Crippen molar-refractivity contribution >= 4 is 23.2 Å². The fourth-order valence-corrected chi connectivity index (χ4v) is 3.45. The maximum absolute atomic E-state index is 12.9. The van der Waals surface area contributed by atoms with Gasteiger partial charge in [0.15, 0.2) is 11.5 Å². The molecule has 0 aromatic heterocycles. The SMILES string of the molecule is C=CCN1C(=O)C(C)(C)COc2cc(NC(=O)c3cc(OC)c(OC)c(OC)c3)ccc21. The van der Waals surface area contributed by atoms with E-state index in [1.807, 2.05) is 13.8 Å². The van der Waals surface area contributed by atoms with Gasteiger partial charge in [-0.2, -0.15) is 0 Å². The van der Waals surface area contributed by atoms with Crippen molar-refractivity contribution in [2.75, 3.05) is 44.7 Å². The molecule has 1 heterocycles. The van der Waals surface area contributed by atoms with E-state index in [1.165, 1.54) is 21.3 Å². The topological polar surface area (TPSA) is 86.3 Å². The first-order valence-electron chi connectivity index (χ1n) is 10.1. The molecule has 32 heavy (non-hydrogen) atoms. The van der Waals surface area contributed by atoms with Gasteiger partial charge in [-0.1, -0.05) is 6.08 Å². The fourth-order valence-electron chi connectivity index (χ4n) is 3.45. The fraction of sp³-hybridized carbons (Fsp3) is 0.333. The second-order valence-corrected chi connectivity index (χ2v) is 7.93. The van der Waals surface area contributed by atoms with Crippen molar-refractivity contribution in [1.29, 1.82) is 0 Å². The first-order chi connectivity index (χ1) is 15.2. The Morgan fingerprint density at radius 2 is 1.81 bits per heavy atom. The molecule has 1 aliphatic heterocycles. The van der Waals surface area contributed by atoms with E-state index in [9.17, 15) is 9.59 Å². The van der Waals surface area contributed by atoms with Crippen molar-refractivity contribution in [1.82, 2.24) is 0 Å². The lowest BCUT2D eigenvalue weighted by Crippen LogP contribution is -2.42. The summed E-state index contributed by atoms with van der Waals surface area (Å²) in [5.41, 5.74) is 0.793. The Morgan fingerprint density at radius 3 is 2.38 bits per heavy atom. The van der Waals surface area contributed by atoms with Crippen LogP contribution in [0.1, 0.15) is 24.2 Å². The summed E-state index contributed by atoms with van der Waals surface area (Å²) in [4.78, 5) is 27.5. The summed E-state index contributed by atoms with van der Waals surface area (Å²) in [5, 5.41) is 2.85. The van der Waals surface area contributed by atoms with E-state index in [0.717, 1.165) is 0 Å². The maximum atomic E-state index is 12.9. The number of amides is 2. The van der Waals surface area contributed by atoms with Gasteiger partial charge in [0.25, 0.3) is 5.91 Å². The van der Waals surface area contributed by atoms with Crippen LogP contribution >= 0.6 is 0 Å². The molecule has 0 fully saturated rings. The molecule has 8 heteroatoms. The molecule has 2 amide bonds. The molecule has 0 saturated heterocycles. The van der Waals surface area contributed by atoms with E-state index in [4.69, 9.17) is 18.9 Å². The van der Waals surface area contributed by atoms with E-state index < -0.39 is 5.41 Å². The quantitative estimate of drug-likeness (QED) is 0.657. The Morgan fingerprint density at radius 1 is 1.16 bits per heavy atom. The molecular formula is C24H28N2O6. The van der Waals surface area contributed by atoms with Gasteiger partial charge < -0.3 is 29.2 Å². The minimum Gasteiger partial charge on any atom is -0.493 e. The summed E-state index contributed by atoms with van der Waals surface area (Å²) < 4.78 is 21.9. The number of fused-ring (bicyclic) bond motifs is 1. The van der Waals surface area contributed by atoms with Gasteiger partial charge in [-0.15, -0.1) is 6.58 Å². The second kappa shape index (κ2) is 9.21. The van der Waals surface area contributed by atoms with Gasteiger partial charge in [-0.3, -0.25) is 9.59 Å². The van der Waals surface area contributed by atoms with Crippen LogP contribution in [0.5, 0.6) is 23.0 Å². The summed E-state index contributed by atoms with van der Waals surface area (Å²) in [5.74, 6) is 1.25. The number of anilines is 2. The Hall–Kier alpha value is -3.68. The highest BCUT2D eigenvalue weighted by Crippen LogP contribution is 2.40. The summed E-state index contributed by atoms with van der Waals surface area (Å²) >= 11 is 0. The van der Waals surface area contributed by atoms with Crippen LogP contribution in [-0.4, -0.2) is 46.3 Å². The molecule has 0 spiro atoms. The lowest BCUT2D eigenvalue weighted by atomic mass is 9.93. The molecule has 3 rings (SSSR count). The maximum Gasteiger partial charge on any atom is 0.255 e. The summed E-state index contributed by atoms with van der Waals surface area (Å²) in [6, 6.07) is 8.33. The molecule has 1 N–H and O–H groups in total. The van der Waals surface area contributed by atoms with Crippen LogP contribution in [0.2, 0.25) is 0 Å². The van der Waals surface area contributed by atoms with Crippen molar-refractivity contribution in [3.05, 3.63) is 48.6 Å². The van der Waals surface area contributed by atoms with Crippen molar-refractivity contribution in [2.24, 2.45) is 5.41 Å². The van der Waals surface area contributed by atoms with Crippen molar-refractivity contribution < 1.29 is 28.5 Å².